The molecule has 0 radical (unpaired) electrons. The highest BCUT2D eigenvalue weighted by Crippen LogP contribution is 2.00. The van der Waals surface area contributed by atoms with Crippen LogP contribution in [0, 0.1) is 0 Å². The number of methoxy groups -OCH3 is 1. The summed E-state index contributed by atoms with van der Waals surface area (Å²) in [6, 6.07) is 0. The monoisotopic (exact) mass is 212 g/mol. The molecule has 0 N–H and O–H groups in total. The summed E-state index contributed by atoms with van der Waals surface area (Å²) in [5.74, 6) is 0. The normalized spacial score (nSPS) is 9.07. The lowest BCUT2D eigenvalue weighted by molar-refractivity contribution is 0.228. The second-order valence-electron chi connectivity index (χ2n) is 2.91. The molecule has 0 atom stereocenters. The van der Waals surface area contributed by atoms with Crippen LogP contribution in [0.5, 0.6) is 0 Å². The highest BCUT2D eigenvalue weighted by molar-refractivity contribution is 5.26. The summed E-state index contributed by atoms with van der Waals surface area (Å²) in [6.45, 7) is 18.2. The topological polar surface area (TPSA) is 9.23 Å². The molecule has 0 saturated carbocycles. The van der Waals surface area contributed by atoms with Gasteiger partial charge in [0.15, 0.2) is 0 Å². The van der Waals surface area contributed by atoms with Crippen LogP contribution in [-0.4, -0.2) is 13.7 Å². The van der Waals surface area contributed by atoms with E-state index in [1.165, 1.54) is 6.42 Å². The largest absolute Gasteiger partial charge is 0.380 e. The number of allylic oxidation sites excluding steroid dienone is 2. The van der Waals surface area contributed by atoms with Crippen LogP contribution in [0.4, 0.5) is 0 Å². The summed E-state index contributed by atoms with van der Waals surface area (Å²) in [7, 11) is 1.66. The molecule has 0 heterocycles. The van der Waals surface area contributed by atoms with Crippen molar-refractivity contribution >= 4 is 0 Å². The van der Waals surface area contributed by atoms with Gasteiger partial charge in [0.2, 0.25) is 0 Å². The van der Waals surface area contributed by atoms with Crippen molar-refractivity contribution in [3.8, 4) is 0 Å². The maximum atomic E-state index is 4.92. The Kier molecular flexibility index (Phi) is 24.8. The van der Waals surface area contributed by atoms with Crippen LogP contribution < -0.4 is 0 Å². The lowest BCUT2D eigenvalue weighted by Crippen LogP contribution is -1.90. The molecule has 0 aliphatic carbocycles. The van der Waals surface area contributed by atoms with Crippen LogP contribution >= 0.6 is 0 Å². The van der Waals surface area contributed by atoms with E-state index in [-0.39, 0.29) is 0 Å². The lowest BCUT2D eigenvalue weighted by Gasteiger charge is -1.98. The van der Waals surface area contributed by atoms with Crippen molar-refractivity contribution in [2.24, 2.45) is 0 Å². The van der Waals surface area contributed by atoms with Crippen molar-refractivity contribution < 1.29 is 4.74 Å². The van der Waals surface area contributed by atoms with Crippen LogP contribution in [-0.2, 0) is 4.74 Å². The molecular formula is C14H28O. The molecule has 15 heavy (non-hydrogen) atoms. The number of rotatable bonds is 4. The van der Waals surface area contributed by atoms with Crippen LogP contribution in [0.1, 0.15) is 41.0 Å². The minimum absolute atomic E-state index is 0.607. The molecule has 0 fully saturated rings. The molecule has 0 aromatic rings. The number of hydrogen-bond acceptors (Lipinski definition) is 1. The summed E-state index contributed by atoms with van der Waals surface area (Å²) in [4.78, 5) is 0. The predicted molar refractivity (Wildman–Crippen MR) is 72.3 cm³/mol. The highest BCUT2D eigenvalue weighted by atomic mass is 16.5. The van der Waals surface area contributed by atoms with Gasteiger partial charge in [-0.05, 0) is 12.5 Å². The van der Waals surface area contributed by atoms with Gasteiger partial charge in [-0.2, -0.15) is 0 Å². The summed E-state index contributed by atoms with van der Waals surface area (Å²) < 4.78 is 4.92. The molecule has 0 aliphatic rings. The van der Waals surface area contributed by atoms with Crippen LogP contribution in [0.15, 0.2) is 36.5 Å². The Morgan fingerprint density at radius 2 is 1.67 bits per heavy atom. The number of ether oxygens (including phenoxy) is 1. The first kappa shape index (κ1) is 19.7. The van der Waals surface area contributed by atoms with Crippen molar-refractivity contribution in [3.63, 3.8) is 0 Å². The van der Waals surface area contributed by atoms with E-state index in [2.05, 4.69) is 27.0 Å². The van der Waals surface area contributed by atoms with Crippen LogP contribution in [0.3, 0.4) is 0 Å². The zero-order valence-corrected chi connectivity index (χ0v) is 11.4. The fraction of sp³-hybridized carbons (Fsp3) is 0.571. The van der Waals surface area contributed by atoms with Gasteiger partial charge < -0.3 is 4.74 Å². The molecule has 0 bridgehead atoms. The summed E-state index contributed by atoms with van der Waals surface area (Å²) in [5.41, 5.74) is 2.09. The molecule has 0 aromatic carbocycles. The van der Waals surface area contributed by atoms with Crippen LogP contribution in [0.25, 0.3) is 0 Å². The van der Waals surface area contributed by atoms with Crippen molar-refractivity contribution in [1.29, 1.82) is 0 Å². The van der Waals surface area contributed by atoms with E-state index in [0.29, 0.717) is 6.61 Å². The maximum absolute atomic E-state index is 4.92. The first-order chi connectivity index (χ1) is 7.12. The van der Waals surface area contributed by atoms with Crippen molar-refractivity contribution in [1.82, 2.24) is 0 Å². The van der Waals surface area contributed by atoms with E-state index in [9.17, 15) is 0 Å². The number of hydrogen-bond donors (Lipinski definition) is 0. The molecule has 1 nitrogen and oxygen atoms in total. The summed E-state index contributed by atoms with van der Waals surface area (Å²) >= 11 is 0. The molecule has 0 amide bonds. The van der Waals surface area contributed by atoms with Gasteiger partial charge in [-0.25, -0.2) is 0 Å². The Morgan fingerprint density at radius 3 is 1.87 bits per heavy atom. The van der Waals surface area contributed by atoms with Gasteiger partial charge in [0.1, 0.15) is 0 Å². The standard InChI is InChI=1S/C9H14O.C3H8.C2H6/c1-5-9(7-10-4)6-8(2)3;1-3-2;1-2/h5-6H,1-2,7H2,3-4H3;3H2,1-2H3;1-2H3/b9-6+;;. The van der Waals surface area contributed by atoms with Crippen molar-refractivity contribution in [3.05, 3.63) is 36.5 Å². The van der Waals surface area contributed by atoms with E-state index in [4.69, 9.17) is 4.74 Å². The SMILES string of the molecule is C=C/C(=C\C(=C)C)COC.CC.CCC. The Labute approximate surface area is 96.5 Å². The molecule has 0 aliphatic heterocycles. The zero-order chi connectivity index (χ0) is 12.7. The van der Waals surface area contributed by atoms with E-state index < -0.39 is 0 Å². The molecule has 90 valence electrons. The Bertz CT molecular complexity index is 166. The molecule has 0 saturated heterocycles. The minimum Gasteiger partial charge on any atom is -0.380 e. The third-order valence-corrected chi connectivity index (χ3v) is 1.00. The molecule has 0 rings (SSSR count). The van der Waals surface area contributed by atoms with Gasteiger partial charge in [0.05, 0.1) is 6.61 Å². The van der Waals surface area contributed by atoms with Crippen LogP contribution in [0.2, 0.25) is 0 Å². The maximum Gasteiger partial charge on any atom is 0.0712 e. The average molecular weight is 212 g/mol. The van der Waals surface area contributed by atoms with E-state index in [0.717, 1.165) is 11.1 Å². The van der Waals surface area contributed by atoms with E-state index in [1.807, 2.05) is 26.8 Å². The fourth-order valence-electron chi connectivity index (χ4n) is 0.643. The Morgan fingerprint density at radius 1 is 1.27 bits per heavy atom. The second kappa shape index (κ2) is 18.9. The smallest absolute Gasteiger partial charge is 0.0712 e. The Hall–Kier alpha value is -0.820. The molecule has 0 spiro atoms. The minimum atomic E-state index is 0.607. The van der Waals surface area contributed by atoms with Crippen molar-refractivity contribution in [2.45, 2.75) is 41.0 Å². The van der Waals surface area contributed by atoms with Gasteiger partial charge in [-0.1, -0.05) is 65.0 Å². The first-order valence-corrected chi connectivity index (χ1v) is 5.59. The van der Waals surface area contributed by atoms with Gasteiger partial charge in [-0.3, -0.25) is 0 Å². The summed E-state index contributed by atoms with van der Waals surface area (Å²) in [5, 5.41) is 0. The molecule has 1 heteroatoms. The third kappa shape index (κ3) is 24.6. The third-order valence-electron chi connectivity index (χ3n) is 1.00. The predicted octanol–water partition coefficient (Wildman–Crippen LogP) is 4.76. The Balaban J connectivity index is -0.000000245. The lowest BCUT2D eigenvalue weighted by atomic mass is 10.2. The molecular weight excluding hydrogens is 184 g/mol. The van der Waals surface area contributed by atoms with Gasteiger partial charge in [0, 0.05) is 7.11 Å². The van der Waals surface area contributed by atoms with E-state index >= 15 is 0 Å². The molecule has 0 unspecified atom stereocenters. The van der Waals surface area contributed by atoms with Gasteiger partial charge in [0.25, 0.3) is 0 Å². The second-order valence-corrected chi connectivity index (χ2v) is 2.91. The zero-order valence-electron chi connectivity index (χ0n) is 11.4. The highest BCUT2D eigenvalue weighted by Gasteiger charge is 1.88. The molecule has 0 aromatic heterocycles. The van der Waals surface area contributed by atoms with Gasteiger partial charge in [-0.15, -0.1) is 0 Å². The fourth-order valence-corrected chi connectivity index (χ4v) is 0.643. The average Bonchev–Trinajstić information content (AvgIpc) is 2.21. The first-order valence-electron chi connectivity index (χ1n) is 5.59. The van der Waals surface area contributed by atoms with Crippen molar-refractivity contribution in [2.75, 3.05) is 13.7 Å². The van der Waals surface area contributed by atoms with Gasteiger partial charge >= 0.3 is 0 Å². The quantitative estimate of drug-likeness (QED) is 0.610. The summed E-state index contributed by atoms with van der Waals surface area (Å²) in [6.07, 6.45) is 4.98. The van der Waals surface area contributed by atoms with E-state index in [1.54, 1.807) is 13.2 Å².